The van der Waals surface area contributed by atoms with E-state index in [-0.39, 0.29) is 24.0 Å². The molecule has 1 amide bonds. The van der Waals surface area contributed by atoms with E-state index < -0.39 is 0 Å². The maximum absolute atomic E-state index is 12.6. The number of hydrogen-bond acceptors (Lipinski definition) is 4. The van der Waals surface area contributed by atoms with Crippen LogP contribution >= 0.6 is 0 Å². The summed E-state index contributed by atoms with van der Waals surface area (Å²) >= 11 is 0. The van der Waals surface area contributed by atoms with Gasteiger partial charge in [-0.3, -0.25) is 10.1 Å². The van der Waals surface area contributed by atoms with Crippen molar-refractivity contribution >= 4 is 5.91 Å². The smallest absolute Gasteiger partial charge is 0.240 e. The van der Waals surface area contributed by atoms with Crippen LogP contribution < -0.4 is 5.32 Å². The molecule has 122 valence electrons. The van der Waals surface area contributed by atoms with Gasteiger partial charge in [-0.15, -0.1) is 0 Å². The van der Waals surface area contributed by atoms with Crippen molar-refractivity contribution in [2.24, 2.45) is 0 Å². The Labute approximate surface area is 137 Å². The molecule has 0 aromatic carbocycles. The van der Waals surface area contributed by atoms with E-state index in [1.165, 1.54) is 0 Å². The molecule has 1 N–H and O–H groups in total. The Morgan fingerprint density at radius 1 is 1.39 bits per heavy atom. The van der Waals surface area contributed by atoms with Crippen LogP contribution in [0.25, 0.3) is 0 Å². The van der Waals surface area contributed by atoms with Crippen molar-refractivity contribution in [3.8, 4) is 6.07 Å². The van der Waals surface area contributed by atoms with Crippen molar-refractivity contribution in [1.29, 1.82) is 5.26 Å². The van der Waals surface area contributed by atoms with E-state index in [1.54, 1.807) is 4.90 Å². The quantitative estimate of drug-likeness (QED) is 0.862. The zero-order valence-corrected chi connectivity index (χ0v) is 13.3. The first-order valence-electron chi connectivity index (χ1n) is 8.40. The Morgan fingerprint density at radius 2 is 2.30 bits per heavy atom. The summed E-state index contributed by atoms with van der Waals surface area (Å²) in [6.45, 7) is 1.28. The summed E-state index contributed by atoms with van der Waals surface area (Å²) in [4.78, 5) is 14.3. The molecule has 3 atom stereocenters. The van der Waals surface area contributed by atoms with Gasteiger partial charge in [0, 0.05) is 12.6 Å². The van der Waals surface area contributed by atoms with E-state index in [0.29, 0.717) is 13.2 Å². The second-order valence-electron chi connectivity index (χ2n) is 6.25. The van der Waals surface area contributed by atoms with E-state index in [9.17, 15) is 4.79 Å². The molecule has 1 aliphatic carbocycles. The number of carbonyl (C=O) groups is 1. The minimum atomic E-state index is -0.242. The van der Waals surface area contributed by atoms with E-state index in [1.807, 2.05) is 18.2 Å². The predicted octanol–water partition coefficient (Wildman–Crippen LogP) is 2.04. The molecule has 3 rings (SSSR count). The number of rotatable bonds is 4. The molecule has 0 aromatic heterocycles. The molecule has 2 saturated heterocycles. The molecule has 0 saturated carbocycles. The number of ether oxygens (including phenoxy) is 1. The van der Waals surface area contributed by atoms with Crippen molar-refractivity contribution < 1.29 is 9.53 Å². The van der Waals surface area contributed by atoms with Gasteiger partial charge in [-0.05, 0) is 44.3 Å². The van der Waals surface area contributed by atoms with Crippen LogP contribution in [-0.2, 0) is 9.53 Å². The summed E-state index contributed by atoms with van der Waals surface area (Å²) in [5.74, 6) is 0.963. The maximum Gasteiger partial charge on any atom is 0.240 e. The average molecular weight is 313 g/mol. The number of carbonyl (C=O) groups excluding carboxylic acids is 1. The van der Waals surface area contributed by atoms with Crippen molar-refractivity contribution in [3.05, 3.63) is 36.1 Å². The highest BCUT2D eigenvalue weighted by atomic mass is 16.5. The highest BCUT2D eigenvalue weighted by Gasteiger charge is 2.36. The van der Waals surface area contributed by atoms with Gasteiger partial charge in [0.25, 0.3) is 0 Å². The standard InChI is InChI=1S/C18H23N3O2/c19-12-15-6-5-11-21(15)18(22)17-10-9-14(20-17)13-23-16-7-3-1-2-4-8-16/h1-3,7-8,14-15,17,20H,4-6,9-11,13H2. The van der Waals surface area contributed by atoms with Crippen molar-refractivity contribution in [2.75, 3.05) is 13.2 Å². The molecule has 0 aromatic rings. The normalized spacial score (nSPS) is 30.0. The fraction of sp³-hybridized carbons (Fsp3) is 0.556. The molecule has 5 heteroatoms. The van der Waals surface area contributed by atoms with Gasteiger partial charge in [-0.1, -0.05) is 18.2 Å². The van der Waals surface area contributed by atoms with Gasteiger partial charge in [0.2, 0.25) is 5.91 Å². The second-order valence-corrected chi connectivity index (χ2v) is 6.25. The third kappa shape index (κ3) is 3.83. The summed E-state index contributed by atoms with van der Waals surface area (Å²) in [6.07, 6.45) is 14.4. The van der Waals surface area contributed by atoms with Crippen LogP contribution in [0.1, 0.15) is 32.1 Å². The molecule has 0 bridgehead atoms. The minimum absolute atomic E-state index is 0.0781. The second kappa shape index (κ2) is 7.47. The zero-order chi connectivity index (χ0) is 16.1. The van der Waals surface area contributed by atoms with Crippen LogP contribution in [0, 0.1) is 11.3 Å². The topological polar surface area (TPSA) is 65.4 Å². The van der Waals surface area contributed by atoms with E-state index in [0.717, 1.165) is 37.9 Å². The van der Waals surface area contributed by atoms with E-state index >= 15 is 0 Å². The highest BCUT2D eigenvalue weighted by molar-refractivity contribution is 5.83. The van der Waals surface area contributed by atoms with Gasteiger partial charge >= 0.3 is 0 Å². The first-order valence-corrected chi connectivity index (χ1v) is 8.40. The lowest BCUT2D eigenvalue weighted by Gasteiger charge is -2.24. The number of nitriles is 1. The summed E-state index contributed by atoms with van der Waals surface area (Å²) in [5, 5.41) is 12.5. The summed E-state index contributed by atoms with van der Waals surface area (Å²) < 4.78 is 5.84. The summed E-state index contributed by atoms with van der Waals surface area (Å²) in [5.41, 5.74) is 0. The average Bonchev–Trinajstić information content (AvgIpc) is 3.16. The van der Waals surface area contributed by atoms with E-state index in [4.69, 9.17) is 10.00 Å². The first kappa shape index (κ1) is 15.8. The van der Waals surface area contributed by atoms with Crippen molar-refractivity contribution in [1.82, 2.24) is 10.2 Å². The number of nitrogens with zero attached hydrogens (tertiary/aromatic N) is 2. The van der Waals surface area contributed by atoms with Crippen LogP contribution in [-0.4, -0.2) is 42.1 Å². The van der Waals surface area contributed by atoms with Crippen LogP contribution in [0.2, 0.25) is 0 Å². The number of hydrogen-bond donors (Lipinski definition) is 1. The number of amides is 1. The SMILES string of the molecule is N#CC1CCCN1C(=O)C1CCC(COC2=CCC=CC=C2)N1. The predicted molar refractivity (Wildman–Crippen MR) is 87.2 cm³/mol. The van der Waals surface area contributed by atoms with E-state index in [2.05, 4.69) is 23.5 Å². The summed E-state index contributed by atoms with van der Waals surface area (Å²) in [7, 11) is 0. The van der Waals surface area contributed by atoms with Gasteiger partial charge in [0.1, 0.15) is 18.4 Å². The number of likely N-dealkylation sites (tertiary alicyclic amines) is 1. The van der Waals surface area contributed by atoms with Gasteiger partial charge in [0.15, 0.2) is 0 Å². The minimum Gasteiger partial charge on any atom is -0.492 e. The molecule has 0 radical (unpaired) electrons. The Balaban J connectivity index is 1.48. The molecule has 3 aliphatic rings. The molecule has 2 heterocycles. The van der Waals surface area contributed by atoms with Gasteiger partial charge < -0.3 is 9.64 Å². The van der Waals surface area contributed by atoms with Gasteiger partial charge in [-0.25, -0.2) is 0 Å². The first-order chi connectivity index (χ1) is 11.3. The Kier molecular flexibility index (Phi) is 5.14. The lowest BCUT2D eigenvalue weighted by atomic mass is 10.1. The largest absolute Gasteiger partial charge is 0.492 e. The molecular weight excluding hydrogens is 290 g/mol. The molecule has 2 aliphatic heterocycles. The van der Waals surface area contributed by atoms with Crippen LogP contribution in [0.4, 0.5) is 0 Å². The van der Waals surface area contributed by atoms with Crippen LogP contribution in [0.3, 0.4) is 0 Å². The molecule has 0 spiro atoms. The van der Waals surface area contributed by atoms with Gasteiger partial charge in [-0.2, -0.15) is 5.26 Å². The van der Waals surface area contributed by atoms with Crippen LogP contribution in [0.5, 0.6) is 0 Å². The van der Waals surface area contributed by atoms with Crippen molar-refractivity contribution in [3.63, 3.8) is 0 Å². The fourth-order valence-electron chi connectivity index (χ4n) is 3.37. The number of nitrogens with one attached hydrogen (secondary N) is 1. The molecule has 23 heavy (non-hydrogen) atoms. The Hall–Kier alpha value is -2.06. The third-order valence-electron chi connectivity index (χ3n) is 4.64. The lowest BCUT2D eigenvalue weighted by molar-refractivity contribution is -0.133. The van der Waals surface area contributed by atoms with Gasteiger partial charge in [0.05, 0.1) is 12.1 Å². The molecular formula is C18H23N3O2. The fourth-order valence-corrected chi connectivity index (χ4v) is 3.37. The summed E-state index contributed by atoms with van der Waals surface area (Å²) in [6, 6.07) is 2.02. The zero-order valence-electron chi connectivity index (χ0n) is 13.3. The molecule has 2 fully saturated rings. The monoisotopic (exact) mass is 313 g/mol. The lowest BCUT2D eigenvalue weighted by Crippen LogP contribution is -2.47. The molecule has 3 unspecified atom stereocenters. The highest BCUT2D eigenvalue weighted by Crippen LogP contribution is 2.22. The molecule has 5 nitrogen and oxygen atoms in total. The van der Waals surface area contributed by atoms with Crippen LogP contribution in [0.15, 0.2) is 36.1 Å². The maximum atomic E-state index is 12.6. The Morgan fingerprint density at radius 3 is 3.17 bits per heavy atom. The number of allylic oxidation sites excluding steroid dienone is 5. The Bertz CT molecular complexity index is 573. The van der Waals surface area contributed by atoms with Crippen molar-refractivity contribution in [2.45, 2.75) is 50.2 Å². The third-order valence-corrected chi connectivity index (χ3v) is 4.64.